The summed E-state index contributed by atoms with van der Waals surface area (Å²) in [6.45, 7) is 1.84. The number of nitrogens with two attached hydrogens (primary N) is 1. The van der Waals surface area contributed by atoms with Gasteiger partial charge in [-0.05, 0) is 19.1 Å². The highest BCUT2D eigenvalue weighted by molar-refractivity contribution is 6.43. The van der Waals surface area contributed by atoms with Crippen LogP contribution in [0.4, 0.5) is 0 Å². The van der Waals surface area contributed by atoms with Gasteiger partial charge in [0.1, 0.15) is 0 Å². The van der Waals surface area contributed by atoms with E-state index in [9.17, 15) is 14.4 Å². The van der Waals surface area contributed by atoms with E-state index in [1.54, 1.807) is 19.1 Å². The molecule has 84 valence electrons. The zero-order valence-corrected chi connectivity index (χ0v) is 8.73. The second kappa shape index (κ2) is 5.06. The largest absolute Gasteiger partial charge is 0.462 e. The Labute approximate surface area is 92.2 Å². The average molecular weight is 221 g/mol. The van der Waals surface area contributed by atoms with Gasteiger partial charge in [-0.3, -0.25) is 9.59 Å². The van der Waals surface area contributed by atoms with Gasteiger partial charge in [-0.25, -0.2) is 4.79 Å². The van der Waals surface area contributed by atoms with Crippen LogP contribution in [0.15, 0.2) is 24.3 Å². The van der Waals surface area contributed by atoms with Crippen LogP contribution in [-0.4, -0.2) is 24.3 Å². The molecule has 0 unspecified atom stereocenters. The molecule has 16 heavy (non-hydrogen) atoms. The van der Waals surface area contributed by atoms with Gasteiger partial charge in [-0.1, -0.05) is 12.1 Å². The third-order valence-electron chi connectivity index (χ3n) is 1.89. The minimum absolute atomic E-state index is 0.0338. The zero-order valence-electron chi connectivity index (χ0n) is 8.73. The molecular formula is C11H11NO4. The van der Waals surface area contributed by atoms with Gasteiger partial charge in [0.05, 0.1) is 12.2 Å². The smallest absolute Gasteiger partial charge is 0.338 e. The maximum Gasteiger partial charge on any atom is 0.338 e. The molecule has 5 nitrogen and oxygen atoms in total. The lowest BCUT2D eigenvalue weighted by Crippen LogP contribution is -2.25. The summed E-state index contributed by atoms with van der Waals surface area (Å²) in [5.41, 5.74) is 4.89. The molecule has 0 atom stereocenters. The minimum atomic E-state index is -1.10. The lowest BCUT2D eigenvalue weighted by molar-refractivity contribution is -0.114. The molecule has 1 aromatic rings. The van der Waals surface area contributed by atoms with Crippen molar-refractivity contribution in [3.05, 3.63) is 35.4 Å². The number of ether oxygens (including phenoxy) is 1. The molecule has 2 N–H and O–H groups in total. The Morgan fingerprint density at radius 3 is 2.25 bits per heavy atom. The average Bonchev–Trinajstić information content (AvgIpc) is 2.28. The Balaban J connectivity index is 3.15. The van der Waals surface area contributed by atoms with Gasteiger partial charge >= 0.3 is 5.97 Å². The fourth-order valence-corrected chi connectivity index (χ4v) is 1.20. The second-order valence-electron chi connectivity index (χ2n) is 2.96. The fourth-order valence-electron chi connectivity index (χ4n) is 1.20. The molecule has 0 aliphatic carbocycles. The fraction of sp³-hybridized carbons (Fsp3) is 0.182. The summed E-state index contributed by atoms with van der Waals surface area (Å²) in [6.07, 6.45) is 0. The molecule has 0 fully saturated rings. The van der Waals surface area contributed by atoms with Crippen LogP contribution < -0.4 is 5.73 Å². The standard InChI is InChI=1S/C11H11NO4/c1-2-16-11(15)8-6-4-3-5-7(8)9(13)10(12)14/h3-6H,2H2,1H3,(H2,12,14). The number of rotatable bonds is 4. The number of primary amides is 1. The van der Waals surface area contributed by atoms with Crippen molar-refractivity contribution in [1.29, 1.82) is 0 Å². The van der Waals surface area contributed by atoms with Crippen molar-refractivity contribution in [3.63, 3.8) is 0 Å². The first-order valence-electron chi connectivity index (χ1n) is 4.68. The number of amides is 1. The van der Waals surface area contributed by atoms with Crippen molar-refractivity contribution in [2.75, 3.05) is 6.61 Å². The SMILES string of the molecule is CCOC(=O)c1ccccc1C(=O)C(N)=O. The molecule has 0 aliphatic heterocycles. The summed E-state index contributed by atoms with van der Waals surface area (Å²) in [5, 5.41) is 0. The van der Waals surface area contributed by atoms with E-state index in [2.05, 4.69) is 0 Å². The first kappa shape index (κ1) is 11.9. The molecule has 1 aromatic carbocycles. The third kappa shape index (κ3) is 2.44. The van der Waals surface area contributed by atoms with Crippen molar-refractivity contribution in [2.45, 2.75) is 6.92 Å². The first-order valence-corrected chi connectivity index (χ1v) is 4.68. The summed E-state index contributed by atoms with van der Waals surface area (Å²) < 4.78 is 4.76. The maximum atomic E-state index is 11.5. The van der Waals surface area contributed by atoms with E-state index in [1.165, 1.54) is 12.1 Å². The van der Waals surface area contributed by atoms with Crippen LogP contribution in [0, 0.1) is 0 Å². The topological polar surface area (TPSA) is 86.5 Å². The molecule has 0 radical (unpaired) electrons. The molecule has 0 heterocycles. The summed E-state index contributed by atoms with van der Waals surface area (Å²) >= 11 is 0. The van der Waals surface area contributed by atoms with E-state index in [0.717, 1.165) is 0 Å². The van der Waals surface area contributed by atoms with E-state index in [1.807, 2.05) is 0 Å². The van der Waals surface area contributed by atoms with Crippen LogP contribution in [0.25, 0.3) is 0 Å². The normalized spacial score (nSPS) is 9.56. The first-order chi connectivity index (χ1) is 7.57. The predicted molar refractivity (Wildman–Crippen MR) is 55.9 cm³/mol. The van der Waals surface area contributed by atoms with Crippen molar-refractivity contribution < 1.29 is 19.1 Å². The monoisotopic (exact) mass is 221 g/mol. The van der Waals surface area contributed by atoms with Crippen molar-refractivity contribution in [2.24, 2.45) is 5.73 Å². The van der Waals surface area contributed by atoms with Gasteiger partial charge in [0.15, 0.2) is 0 Å². The molecule has 0 aliphatic rings. The van der Waals surface area contributed by atoms with Crippen molar-refractivity contribution >= 4 is 17.7 Å². The van der Waals surface area contributed by atoms with Crippen molar-refractivity contribution in [1.82, 2.24) is 0 Å². The molecule has 1 amide bonds. The number of carbonyl (C=O) groups excluding carboxylic acids is 3. The van der Waals surface area contributed by atoms with E-state index in [-0.39, 0.29) is 17.7 Å². The quantitative estimate of drug-likeness (QED) is 0.456. The zero-order chi connectivity index (χ0) is 12.1. The highest BCUT2D eigenvalue weighted by Crippen LogP contribution is 2.11. The molecular weight excluding hydrogens is 210 g/mol. The van der Waals surface area contributed by atoms with Gasteiger partial charge in [0.2, 0.25) is 0 Å². The number of benzene rings is 1. The van der Waals surface area contributed by atoms with Gasteiger partial charge in [0, 0.05) is 5.56 Å². The van der Waals surface area contributed by atoms with Crippen LogP contribution in [0.5, 0.6) is 0 Å². The molecule has 0 saturated carbocycles. The van der Waals surface area contributed by atoms with Gasteiger partial charge in [0.25, 0.3) is 11.7 Å². The van der Waals surface area contributed by atoms with Gasteiger partial charge < -0.3 is 10.5 Å². The number of Topliss-reactive ketones (excluding diaryl/α,β-unsaturated/α-hetero) is 1. The molecule has 5 heteroatoms. The Morgan fingerprint density at radius 1 is 1.19 bits per heavy atom. The highest BCUT2D eigenvalue weighted by Gasteiger charge is 2.20. The molecule has 0 bridgehead atoms. The lowest BCUT2D eigenvalue weighted by atomic mass is 10.0. The van der Waals surface area contributed by atoms with Gasteiger partial charge in [-0.2, -0.15) is 0 Å². The van der Waals surface area contributed by atoms with E-state index >= 15 is 0 Å². The van der Waals surface area contributed by atoms with E-state index in [0.29, 0.717) is 0 Å². The molecule has 0 aromatic heterocycles. The van der Waals surface area contributed by atoms with E-state index in [4.69, 9.17) is 10.5 Å². The Morgan fingerprint density at radius 2 is 1.75 bits per heavy atom. The van der Waals surface area contributed by atoms with Crippen LogP contribution in [-0.2, 0) is 9.53 Å². The van der Waals surface area contributed by atoms with Crippen molar-refractivity contribution in [3.8, 4) is 0 Å². The number of esters is 1. The number of hydrogen-bond acceptors (Lipinski definition) is 4. The summed E-state index contributed by atoms with van der Waals surface area (Å²) in [6, 6.07) is 5.89. The predicted octanol–water partition coefficient (Wildman–Crippen LogP) is 0.531. The summed E-state index contributed by atoms with van der Waals surface area (Å²) in [7, 11) is 0. The Hall–Kier alpha value is -2.17. The maximum absolute atomic E-state index is 11.5. The molecule has 1 rings (SSSR count). The molecule has 0 saturated heterocycles. The van der Waals surface area contributed by atoms with Crippen LogP contribution >= 0.6 is 0 Å². The third-order valence-corrected chi connectivity index (χ3v) is 1.89. The molecule has 0 spiro atoms. The lowest BCUT2D eigenvalue weighted by Gasteiger charge is -2.05. The Kier molecular flexibility index (Phi) is 3.77. The minimum Gasteiger partial charge on any atom is -0.462 e. The number of carbonyl (C=O) groups is 3. The van der Waals surface area contributed by atoms with Crippen LogP contribution in [0.3, 0.4) is 0 Å². The Bertz CT molecular complexity index is 439. The second-order valence-corrected chi connectivity index (χ2v) is 2.96. The van der Waals surface area contributed by atoms with Crippen LogP contribution in [0.1, 0.15) is 27.6 Å². The van der Waals surface area contributed by atoms with E-state index < -0.39 is 17.7 Å². The summed E-state index contributed by atoms with van der Waals surface area (Å²) in [4.78, 5) is 33.6. The van der Waals surface area contributed by atoms with Gasteiger partial charge in [-0.15, -0.1) is 0 Å². The van der Waals surface area contributed by atoms with Crippen LogP contribution in [0.2, 0.25) is 0 Å². The summed E-state index contributed by atoms with van der Waals surface area (Å²) in [5.74, 6) is -2.65. The highest BCUT2D eigenvalue weighted by atomic mass is 16.5. The number of ketones is 1. The number of hydrogen-bond donors (Lipinski definition) is 1.